The fourth-order valence-corrected chi connectivity index (χ4v) is 5.44. The van der Waals surface area contributed by atoms with Crippen LogP contribution in [0.2, 0.25) is 0 Å². The summed E-state index contributed by atoms with van der Waals surface area (Å²) in [6.45, 7) is 4.81. The van der Waals surface area contributed by atoms with Gasteiger partial charge in [-0.2, -0.15) is 4.31 Å². The van der Waals surface area contributed by atoms with Gasteiger partial charge in [-0.3, -0.25) is 4.79 Å². The Morgan fingerprint density at radius 2 is 1.87 bits per heavy atom. The Morgan fingerprint density at radius 1 is 1.21 bits per heavy atom. The van der Waals surface area contributed by atoms with Gasteiger partial charge in [0.05, 0.1) is 10.9 Å². The summed E-state index contributed by atoms with van der Waals surface area (Å²) < 4.78 is 95.5. The molecule has 1 aliphatic rings. The average molecular weight is 558 g/mol. The van der Waals surface area contributed by atoms with Gasteiger partial charge in [0.2, 0.25) is 15.9 Å². The van der Waals surface area contributed by atoms with Crippen LogP contribution >= 0.6 is 0 Å². The first-order chi connectivity index (χ1) is 17.7. The van der Waals surface area contributed by atoms with E-state index in [2.05, 4.69) is 17.2 Å². The number of allylic oxidation sites excluding steroid dienone is 2. The molecular formula is C26H28F5N3O3S. The van der Waals surface area contributed by atoms with Crippen LogP contribution in [0.25, 0.3) is 5.57 Å². The van der Waals surface area contributed by atoms with Gasteiger partial charge in [-0.1, -0.05) is 18.7 Å². The molecule has 0 aromatic heterocycles. The van der Waals surface area contributed by atoms with Gasteiger partial charge in [-0.15, -0.1) is 0 Å². The minimum Gasteiger partial charge on any atom is -0.382 e. The van der Waals surface area contributed by atoms with Crippen molar-refractivity contribution in [2.75, 3.05) is 6.54 Å². The molecule has 2 N–H and O–H groups in total. The van der Waals surface area contributed by atoms with Gasteiger partial charge in [-0.05, 0) is 54.5 Å². The van der Waals surface area contributed by atoms with Crippen LogP contribution in [0.3, 0.4) is 0 Å². The lowest BCUT2D eigenvalue weighted by Gasteiger charge is -2.23. The van der Waals surface area contributed by atoms with Crippen molar-refractivity contribution in [3.05, 3.63) is 84.1 Å². The van der Waals surface area contributed by atoms with Gasteiger partial charge in [-0.25, -0.2) is 30.4 Å². The van der Waals surface area contributed by atoms with E-state index in [1.807, 2.05) is 0 Å². The number of nitrogens with zero attached hydrogens (tertiary/aromatic N) is 1. The number of amides is 1. The van der Waals surface area contributed by atoms with E-state index in [-0.39, 0.29) is 17.0 Å². The van der Waals surface area contributed by atoms with E-state index in [1.165, 1.54) is 31.3 Å². The van der Waals surface area contributed by atoms with Crippen LogP contribution < -0.4 is 10.6 Å². The fraction of sp³-hybridized carbons (Fsp3) is 0.346. The van der Waals surface area contributed by atoms with Gasteiger partial charge >= 0.3 is 0 Å². The van der Waals surface area contributed by atoms with Gasteiger partial charge in [0.1, 0.15) is 23.8 Å². The van der Waals surface area contributed by atoms with Crippen LogP contribution in [0.4, 0.5) is 22.0 Å². The van der Waals surface area contributed by atoms with Crippen LogP contribution in [0.15, 0.2) is 66.2 Å². The number of hydrogen-bond donors (Lipinski definition) is 2. The molecule has 1 unspecified atom stereocenters. The molecule has 0 aliphatic carbocycles. The molecule has 0 bridgehead atoms. The summed E-state index contributed by atoms with van der Waals surface area (Å²) in [4.78, 5) is 12.6. The first-order valence-electron chi connectivity index (χ1n) is 11.7. The number of halogens is 5. The van der Waals surface area contributed by atoms with Crippen molar-refractivity contribution in [2.45, 2.75) is 55.9 Å². The molecule has 3 atom stereocenters. The highest BCUT2D eigenvalue weighted by molar-refractivity contribution is 7.89. The van der Waals surface area contributed by atoms with E-state index in [1.54, 1.807) is 0 Å². The third-order valence-electron chi connectivity index (χ3n) is 6.23. The number of rotatable bonds is 10. The summed E-state index contributed by atoms with van der Waals surface area (Å²) in [7, 11) is -4.31. The minimum atomic E-state index is -4.31. The topological polar surface area (TPSA) is 78.5 Å². The number of benzene rings is 2. The Bertz CT molecular complexity index is 1310. The van der Waals surface area contributed by atoms with Crippen LogP contribution in [0.1, 0.15) is 31.4 Å². The first kappa shape index (κ1) is 29.3. The molecular weight excluding hydrogens is 529 g/mol. The number of carbonyl (C=O) groups is 1. The van der Waals surface area contributed by atoms with Crippen molar-refractivity contribution >= 4 is 21.5 Å². The first-order valence-corrected chi connectivity index (χ1v) is 13.1. The second-order valence-corrected chi connectivity index (χ2v) is 10.9. The van der Waals surface area contributed by atoms with Crippen LogP contribution in [0.5, 0.6) is 0 Å². The normalized spacial score (nSPS) is 19.7. The van der Waals surface area contributed by atoms with E-state index in [0.29, 0.717) is 15.4 Å². The lowest BCUT2D eigenvalue weighted by molar-refractivity contribution is -0.124. The van der Waals surface area contributed by atoms with Crippen molar-refractivity contribution in [1.82, 2.24) is 14.9 Å². The zero-order chi connectivity index (χ0) is 28.3. The van der Waals surface area contributed by atoms with E-state index in [4.69, 9.17) is 0 Å². The highest BCUT2D eigenvalue weighted by Crippen LogP contribution is 2.28. The van der Waals surface area contributed by atoms with E-state index in [9.17, 15) is 35.2 Å². The summed E-state index contributed by atoms with van der Waals surface area (Å²) in [5, 5.41) is 5.02. The number of hydrogen-bond acceptors (Lipinski definition) is 4. The predicted molar refractivity (Wildman–Crippen MR) is 133 cm³/mol. The SMILES string of the molecule is C=C/C(=C\NC(C)C(C)(F)F)c1ccc(F)c(CNC(=O)[C@@H]2C[C@@H](F)CN2S(=O)(=O)c2ccc(F)cc2)c1. The summed E-state index contributed by atoms with van der Waals surface area (Å²) in [5.41, 5.74) is 0.844. The second kappa shape index (κ2) is 11.6. The van der Waals surface area contributed by atoms with Crippen molar-refractivity contribution in [3.63, 3.8) is 0 Å². The zero-order valence-electron chi connectivity index (χ0n) is 20.7. The number of nitrogens with one attached hydrogen (secondary N) is 2. The predicted octanol–water partition coefficient (Wildman–Crippen LogP) is 4.54. The zero-order valence-corrected chi connectivity index (χ0v) is 21.5. The standard InChI is InChI=1S/C26H28F5N3O3S/c1-4-17(13-32-16(2)26(3,30)31)18-5-10-23(29)19(11-18)14-33-25(35)24-12-21(28)15-34(24)38(36,37)22-8-6-20(27)7-9-22/h4-11,13,16,21,24,32H,1,12,14-15H2,2-3H3,(H,33,35)/b17-13+/t16?,21-,24+/m1/s1. The molecule has 1 aliphatic heterocycles. The van der Waals surface area contributed by atoms with Crippen LogP contribution in [0, 0.1) is 11.6 Å². The molecule has 0 radical (unpaired) electrons. The third-order valence-corrected chi connectivity index (χ3v) is 8.12. The number of sulfonamides is 1. The van der Waals surface area contributed by atoms with Gasteiger partial charge in [0, 0.05) is 38.2 Å². The molecule has 0 saturated carbocycles. The molecule has 38 heavy (non-hydrogen) atoms. The molecule has 6 nitrogen and oxygen atoms in total. The maximum atomic E-state index is 14.5. The minimum absolute atomic E-state index is 0.0280. The van der Waals surface area contributed by atoms with E-state index in [0.717, 1.165) is 37.3 Å². The van der Waals surface area contributed by atoms with Crippen molar-refractivity contribution < 1.29 is 35.2 Å². The molecule has 1 amide bonds. The van der Waals surface area contributed by atoms with Gasteiger partial charge in [0.15, 0.2) is 0 Å². The molecule has 3 rings (SSSR count). The molecule has 12 heteroatoms. The van der Waals surface area contributed by atoms with E-state index < -0.39 is 64.7 Å². The number of alkyl halides is 3. The average Bonchev–Trinajstić information content (AvgIpc) is 3.26. The highest BCUT2D eigenvalue weighted by atomic mass is 32.2. The van der Waals surface area contributed by atoms with Crippen LogP contribution in [-0.2, 0) is 21.4 Å². The Labute approximate surface area is 218 Å². The lowest BCUT2D eigenvalue weighted by Crippen LogP contribution is -2.45. The molecule has 1 fully saturated rings. The quantitative estimate of drug-likeness (QED) is 0.332. The van der Waals surface area contributed by atoms with Crippen molar-refractivity contribution in [2.24, 2.45) is 0 Å². The summed E-state index contributed by atoms with van der Waals surface area (Å²) in [6.07, 6.45) is 0.709. The van der Waals surface area contributed by atoms with Gasteiger partial charge < -0.3 is 10.6 Å². The smallest absolute Gasteiger partial charge is 0.264 e. The number of carbonyl (C=O) groups excluding carboxylic acids is 1. The lowest BCUT2D eigenvalue weighted by atomic mass is 10.0. The molecule has 0 spiro atoms. The Hall–Kier alpha value is -3.25. The Kier molecular flexibility index (Phi) is 8.98. The molecule has 1 saturated heterocycles. The van der Waals surface area contributed by atoms with Crippen molar-refractivity contribution in [1.29, 1.82) is 0 Å². The molecule has 2 aromatic rings. The van der Waals surface area contributed by atoms with Crippen molar-refractivity contribution in [3.8, 4) is 0 Å². The molecule has 206 valence electrons. The maximum absolute atomic E-state index is 14.5. The second-order valence-electron chi connectivity index (χ2n) is 9.05. The third kappa shape index (κ3) is 6.79. The Balaban J connectivity index is 1.76. The highest BCUT2D eigenvalue weighted by Gasteiger charge is 2.44. The molecule has 1 heterocycles. The summed E-state index contributed by atoms with van der Waals surface area (Å²) >= 11 is 0. The van der Waals surface area contributed by atoms with Crippen LogP contribution in [-0.4, -0.2) is 49.4 Å². The molecule has 2 aromatic carbocycles. The van der Waals surface area contributed by atoms with Gasteiger partial charge in [0.25, 0.3) is 5.92 Å². The summed E-state index contributed by atoms with van der Waals surface area (Å²) in [5.74, 6) is -5.15. The maximum Gasteiger partial charge on any atom is 0.264 e. The van der Waals surface area contributed by atoms with E-state index >= 15 is 0 Å². The Morgan fingerprint density at radius 3 is 2.47 bits per heavy atom. The largest absolute Gasteiger partial charge is 0.382 e. The summed E-state index contributed by atoms with van der Waals surface area (Å²) in [6, 6.07) is 5.28. The fourth-order valence-electron chi connectivity index (χ4n) is 3.81. The monoisotopic (exact) mass is 557 g/mol.